The molecular formula is C60H52F14O6S. The summed E-state index contributed by atoms with van der Waals surface area (Å²) < 4.78 is 260. The van der Waals surface area contributed by atoms with Gasteiger partial charge in [0, 0.05) is 12.0 Å². The molecule has 0 heterocycles. The maximum absolute atomic E-state index is 15.7. The van der Waals surface area contributed by atoms with Gasteiger partial charge in [-0.05, 0) is 126 Å². The van der Waals surface area contributed by atoms with E-state index >= 15 is 35.1 Å². The molecule has 0 aliphatic carbocycles. The van der Waals surface area contributed by atoms with Crippen molar-refractivity contribution in [2.24, 2.45) is 0 Å². The summed E-state index contributed by atoms with van der Waals surface area (Å²) >= 11 is 0. The molecule has 8 aromatic carbocycles. The molecule has 8 aromatic rings. The number of hydrogen-bond donors (Lipinski definition) is 0. The molecule has 0 amide bonds. The van der Waals surface area contributed by atoms with E-state index in [1.165, 1.54) is 61.7 Å². The van der Waals surface area contributed by atoms with Gasteiger partial charge < -0.3 is 18.9 Å². The van der Waals surface area contributed by atoms with Crippen molar-refractivity contribution in [3.05, 3.63) is 213 Å². The lowest BCUT2D eigenvalue weighted by atomic mass is 9.73. The summed E-state index contributed by atoms with van der Waals surface area (Å²) in [4.78, 5) is 0.126. The Kier molecular flexibility index (Phi) is 20.0. The molecule has 0 saturated carbocycles. The fourth-order valence-corrected chi connectivity index (χ4v) is 10.0. The van der Waals surface area contributed by atoms with Gasteiger partial charge in [0.25, 0.3) is 0 Å². The predicted octanol–water partition coefficient (Wildman–Crippen LogP) is 18.7. The van der Waals surface area contributed by atoms with Crippen molar-refractivity contribution >= 4 is 9.84 Å². The first-order valence-electron chi connectivity index (χ1n) is 22.4. The number of benzene rings is 8. The summed E-state index contributed by atoms with van der Waals surface area (Å²) in [5, 5.41) is 0. The van der Waals surface area contributed by atoms with Crippen molar-refractivity contribution in [2.45, 2.75) is 77.5 Å². The number of methoxy groups -OCH3 is 2. The number of ether oxygens (including phenoxy) is 4. The zero-order valence-electron chi connectivity index (χ0n) is 40.1. The number of halogens is 14. The number of rotatable bonds is 14. The van der Waals surface area contributed by atoms with Crippen LogP contribution >= 0.6 is 0 Å². The Morgan fingerprint density at radius 2 is 0.790 bits per heavy atom. The molecule has 0 unspecified atom stereocenters. The molecule has 0 aliphatic heterocycles. The molecule has 0 atom stereocenters. The summed E-state index contributed by atoms with van der Waals surface area (Å²) in [7, 11) is -1.29. The first-order chi connectivity index (χ1) is 36.2. The second-order valence-electron chi connectivity index (χ2n) is 17.2. The molecule has 0 spiro atoms. The van der Waals surface area contributed by atoms with Gasteiger partial charge in [0.1, 0.15) is 28.7 Å². The molecule has 0 saturated heterocycles. The van der Waals surface area contributed by atoms with Crippen LogP contribution in [0.5, 0.6) is 34.5 Å². The highest BCUT2D eigenvalue weighted by atomic mass is 32.2. The minimum atomic E-state index is -6.07. The average molecular weight is 1170 g/mol. The Labute approximate surface area is 459 Å². The summed E-state index contributed by atoms with van der Waals surface area (Å²) in [5.41, 5.74) is -10.9. The maximum Gasteiger partial charge on any atom is 0.411 e. The van der Waals surface area contributed by atoms with E-state index in [1.54, 1.807) is 44.2 Å². The third kappa shape index (κ3) is 11.9. The van der Waals surface area contributed by atoms with E-state index < -0.39 is 120 Å². The minimum Gasteiger partial charge on any atom is -0.497 e. The molecular weight excluding hydrogens is 1110 g/mol. The first kappa shape index (κ1) is 65.4. The topological polar surface area (TPSA) is 71.1 Å². The number of sulfone groups is 1. The van der Waals surface area contributed by atoms with Crippen LogP contribution in [-0.2, 0) is 21.7 Å². The smallest absolute Gasteiger partial charge is 0.411 e. The number of hydrogen-bond acceptors (Lipinski definition) is 6. The zero-order chi connectivity index (χ0) is 56.1. The van der Waals surface area contributed by atoms with E-state index in [0.29, 0.717) is 63.8 Å². The van der Waals surface area contributed by atoms with Crippen molar-refractivity contribution in [2.75, 3.05) is 14.2 Å². The van der Waals surface area contributed by atoms with Crippen LogP contribution < -0.4 is 18.9 Å². The lowest BCUT2D eigenvalue weighted by molar-refractivity contribution is -0.288. The van der Waals surface area contributed by atoms with E-state index in [0.717, 1.165) is 19.2 Å². The number of aryl methyl sites for hydroxylation is 2. The molecule has 21 heteroatoms. The average Bonchev–Trinajstić information content (AvgIpc) is 3.43. The summed E-state index contributed by atoms with van der Waals surface area (Å²) in [6.07, 6.45) is -13.0. The van der Waals surface area contributed by atoms with Crippen molar-refractivity contribution in [3.63, 3.8) is 0 Å². The zero-order valence-corrected chi connectivity index (χ0v) is 40.9. The molecule has 0 fully saturated rings. The molecule has 432 valence electrons. The summed E-state index contributed by atoms with van der Waals surface area (Å²) in [6.45, 7) is 3.39. The van der Waals surface area contributed by atoms with Crippen LogP contribution in [0.1, 0.15) is 63.1 Å². The minimum absolute atomic E-state index is 0. The van der Waals surface area contributed by atoms with Gasteiger partial charge in [-0.25, -0.2) is 34.8 Å². The Hall–Kier alpha value is -8.07. The normalized spacial score (nSPS) is 11.6. The van der Waals surface area contributed by atoms with Crippen molar-refractivity contribution < 1.29 is 88.8 Å². The highest BCUT2D eigenvalue weighted by Gasteiger charge is 2.72. The van der Waals surface area contributed by atoms with Crippen LogP contribution in [0.4, 0.5) is 61.5 Å². The number of alkyl halides is 6. The van der Waals surface area contributed by atoms with Crippen LogP contribution in [0.25, 0.3) is 22.3 Å². The molecule has 6 nitrogen and oxygen atoms in total. The van der Waals surface area contributed by atoms with Gasteiger partial charge in [0.2, 0.25) is 32.6 Å². The SMILES string of the molecule is C.C.C.C.COc1ccc(C(c2ccc(Oc3c(F)c(F)c(-c4c(F)c(F)c(Cc5ccc(-c6ccc(Oc7ccc(S(=O)(=O)c8ccc(OC)c(C)c8)cc7C)cc6)cc5)c(F)c4F)c(F)c3F)cc2)(C(F)(F)F)C(F)(F)F)cc1. The largest absolute Gasteiger partial charge is 0.497 e. The third-order valence-electron chi connectivity index (χ3n) is 12.6. The quantitative estimate of drug-likeness (QED) is 0.0798. The van der Waals surface area contributed by atoms with Crippen LogP contribution in [0, 0.1) is 60.4 Å². The monoisotopic (exact) mass is 1170 g/mol. The Morgan fingerprint density at radius 1 is 0.420 bits per heavy atom. The molecule has 81 heavy (non-hydrogen) atoms. The summed E-state index contributed by atoms with van der Waals surface area (Å²) in [6, 6.07) is 24.9. The molecule has 0 aliphatic rings. The van der Waals surface area contributed by atoms with E-state index in [2.05, 4.69) is 0 Å². The standard InChI is InChI=1S/C56H36F14O6S.4CH4/c1-28-25-38(21-23-41(28)74-4)77(71,72)39-22-24-42(29(2)26-39)75-36-15-9-32(10-16-36)31-7-5-30(6-8-31)27-40-45(57)47(59)43(48(60)46(40)58)44-49(61)51(63)53(52(64)50(44)62)76-37-19-13-34(14-20-37)54(55(65,66)67,56(68,69)70)33-11-17-35(73-3)18-12-33;;;;/h5-26H,27H2,1-4H3;4*1H4. The second-order valence-corrected chi connectivity index (χ2v) is 19.2. The van der Waals surface area contributed by atoms with E-state index in [1.807, 2.05) is 0 Å². The summed E-state index contributed by atoms with van der Waals surface area (Å²) in [5.74, 6) is -21.6. The predicted molar refractivity (Wildman–Crippen MR) is 280 cm³/mol. The highest BCUT2D eigenvalue weighted by molar-refractivity contribution is 7.91. The first-order valence-corrected chi connectivity index (χ1v) is 23.9. The maximum atomic E-state index is 15.7. The highest BCUT2D eigenvalue weighted by Crippen LogP contribution is 2.57. The van der Waals surface area contributed by atoms with Gasteiger partial charge in [0.05, 0.1) is 35.1 Å². The van der Waals surface area contributed by atoms with Gasteiger partial charge in [-0.1, -0.05) is 90.4 Å². The van der Waals surface area contributed by atoms with E-state index in [-0.39, 0.29) is 62.9 Å². The lowest BCUT2D eigenvalue weighted by Crippen LogP contribution is -2.54. The second kappa shape index (κ2) is 24.7. The third-order valence-corrected chi connectivity index (χ3v) is 14.3. The van der Waals surface area contributed by atoms with Crippen molar-refractivity contribution in [3.8, 4) is 56.8 Å². The molecule has 0 radical (unpaired) electrons. The van der Waals surface area contributed by atoms with Gasteiger partial charge in [0.15, 0.2) is 34.9 Å². The Balaban J connectivity index is 0.00000353. The fourth-order valence-electron chi connectivity index (χ4n) is 8.61. The van der Waals surface area contributed by atoms with Gasteiger partial charge in [-0.15, -0.1) is 0 Å². The van der Waals surface area contributed by atoms with Crippen molar-refractivity contribution in [1.29, 1.82) is 0 Å². The Bertz CT molecular complexity index is 3590. The van der Waals surface area contributed by atoms with E-state index in [9.17, 15) is 34.8 Å². The van der Waals surface area contributed by atoms with Crippen LogP contribution in [0.15, 0.2) is 143 Å². The van der Waals surface area contributed by atoms with E-state index in [4.69, 9.17) is 18.9 Å². The molecule has 8 rings (SSSR count). The lowest BCUT2D eigenvalue weighted by Gasteiger charge is -2.38. The molecule has 0 bridgehead atoms. The van der Waals surface area contributed by atoms with Gasteiger partial charge in [-0.2, -0.15) is 35.1 Å². The molecule has 0 N–H and O–H groups in total. The fraction of sp³-hybridized carbons (Fsp3) is 0.200. The van der Waals surface area contributed by atoms with Crippen LogP contribution in [-0.4, -0.2) is 35.0 Å². The van der Waals surface area contributed by atoms with Gasteiger partial charge in [-0.3, -0.25) is 0 Å². The van der Waals surface area contributed by atoms with Crippen LogP contribution in [0.3, 0.4) is 0 Å². The van der Waals surface area contributed by atoms with Crippen LogP contribution in [0.2, 0.25) is 0 Å². The Morgan fingerprint density at radius 3 is 1.19 bits per heavy atom. The van der Waals surface area contributed by atoms with Crippen molar-refractivity contribution in [1.82, 2.24) is 0 Å². The molecule has 0 aromatic heterocycles. The van der Waals surface area contributed by atoms with Gasteiger partial charge >= 0.3 is 12.4 Å².